The summed E-state index contributed by atoms with van der Waals surface area (Å²) in [6.45, 7) is 4.34. The monoisotopic (exact) mass is 256 g/mol. The SMILES string of the molecule is CCCn1[nH]c(C(=O)NCC(O)CC)c(N)c1=O. The summed E-state index contributed by atoms with van der Waals surface area (Å²) in [5.41, 5.74) is 5.16. The number of hydrogen-bond acceptors (Lipinski definition) is 4. The van der Waals surface area contributed by atoms with Gasteiger partial charge in [0.1, 0.15) is 11.4 Å². The molecule has 1 aromatic heterocycles. The Balaban J connectivity index is 2.80. The van der Waals surface area contributed by atoms with Crippen LogP contribution in [-0.4, -0.2) is 33.4 Å². The van der Waals surface area contributed by atoms with Gasteiger partial charge < -0.3 is 16.2 Å². The van der Waals surface area contributed by atoms with Crippen LogP contribution in [0.2, 0.25) is 0 Å². The number of amides is 1. The molecule has 1 rings (SSSR count). The van der Waals surface area contributed by atoms with Crippen LogP contribution in [0.3, 0.4) is 0 Å². The van der Waals surface area contributed by atoms with Gasteiger partial charge in [-0.25, -0.2) is 0 Å². The van der Waals surface area contributed by atoms with Crippen LogP contribution in [0.25, 0.3) is 0 Å². The quantitative estimate of drug-likeness (QED) is 0.558. The second-order valence-electron chi connectivity index (χ2n) is 4.13. The van der Waals surface area contributed by atoms with Crippen LogP contribution in [0.5, 0.6) is 0 Å². The lowest BCUT2D eigenvalue weighted by molar-refractivity contribution is 0.0909. The summed E-state index contributed by atoms with van der Waals surface area (Å²) in [4.78, 5) is 23.4. The second-order valence-corrected chi connectivity index (χ2v) is 4.13. The van der Waals surface area contributed by atoms with E-state index in [0.717, 1.165) is 6.42 Å². The van der Waals surface area contributed by atoms with Crippen molar-refractivity contribution in [2.24, 2.45) is 0 Å². The number of nitrogens with two attached hydrogens (primary N) is 1. The van der Waals surface area contributed by atoms with E-state index in [1.165, 1.54) is 4.68 Å². The lowest BCUT2D eigenvalue weighted by Gasteiger charge is -2.08. The van der Waals surface area contributed by atoms with Gasteiger partial charge in [-0.3, -0.25) is 19.4 Å². The van der Waals surface area contributed by atoms with Gasteiger partial charge >= 0.3 is 0 Å². The fraction of sp³-hybridized carbons (Fsp3) is 0.636. The third-order valence-electron chi connectivity index (χ3n) is 2.64. The number of aliphatic hydroxyl groups excluding tert-OH is 1. The zero-order valence-electron chi connectivity index (χ0n) is 10.7. The Kier molecular flexibility index (Phi) is 4.96. The van der Waals surface area contributed by atoms with Gasteiger partial charge in [0.2, 0.25) is 0 Å². The van der Waals surface area contributed by atoms with Crippen LogP contribution >= 0.6 is 0 Å². The molecule has 0 aliphatic carbocycles. The molecule has 1 amide bonds. The standard InChI is InChI=1S/C11H20N4O3/c1-3-5-15-11(18)8(12)9(14-15)10(17)13-6-7(16)4-2/h7,14,16H,3-6,12H2,1-2H3,(H,13,17). The van der Waals surface area contributed by atoms with Gasteiger partial charge in [0.05, 0.1) is 6.10 Å². The molecule has 7 nitrogen and oxygen atoms in total. The molecule has 0 bridgehead atoms. The smallest absolute Gasteiger partial charge is 0.290 e. The molecule has 0 aromatic carbocycles. The van der Waals surface area contributed by atoms with Crippen molar-refractivity contribution in [1.29, 1.82) is 0 Å². The minimum atomic E-state index is -0.598. The molecule has 7 heteroatoms. The number of H-pyrrole nitrogens is 1. The van der Waals surface area contributed by atoms with Crippen molar-refractivity contribution in [3.05, 3.63) is 16.0 Å². The highest BCUT2D eigenvalue weighted by Crippen LogP contribution is 2.03. The Morgan fingerprint density at radius 2 is 2.22 bits per heavy atom. The van der Waals surface area contributed by atoms with Crippen molar-refractivity contribution in [2.75, 3.05) is 12.3 Å². The number of carbonyl (C=O) groups excluding carboxylic acids is 1. The number of carbonyl (C=O) groups is 1. The van der Waals surface area contributed by atoms with E-state index in [-0.39, 0.29) is 17.9 Å². The van der Waals surface area contributed by atoms with Gasteiger partial charge in [-0.15, -0.1) is 0 Å². The highest BCUT2D eigenvalue weighted by molar-refractivity contribution is 5.96. The number of anilines is 1. The molecule has 5 N–H and O–H groups in total. The first-order valence-corrected chi connectivity index (χ1v) is 6.05. The van der Waals surface area contributed by atoms with Crippen LogP contribution in [0, 0.1) is 0 Å². The highest BCUT2D eigenvalue weighted by atomic mass is 16.3. The van der Waals surface area contributed by atoms with Gasteiger partial charge in [-0.2, -0.15) is 0 Å². The van der Waals surface area contributed by atoms with Crippen LogP contribution in [0.4, 0.5) is 5.69 Å². The van der Waals surface area contributed by atoms with Crippen LogP contribution < -0.4 is 16.6 Å². The third kappa shape index (κ3) is 3.13. The molecule has 0 aliphatic rings. The Bertz CT molecular complexity index is 463. The van der Waals surface area contributed by atoms with E-state index in [2.05, 4.69) is 10.4 Å². The van der Waals surface area contributed by atoms with Crippen LogP contribution in [0.1, 0.15) is 37.2 Å². The van der Waals surface area contributed by atoms with Crippen molar-refractivity contribution in [3.63, 3.8) is 0 Å². The molecule has 1 heterocycles. The maximum Gasteiger partial charge on any atom is 0.290 e. The molecule has 18 heavy (non-hydrogen) atoms. The number of hydrogen-bond donors (Lipinski definition) is 4. The number of aromatic nitrogens is 2. The first-order valence-electron chi connectivity index (χ1n) is 6.05. The van der Waals surface area contributed by atoms with Crippen molar-refractivity contribution in [1.82, 2.24) is 15.1 Å². The molecule has 102 valence electrons. The molecule has 1 atom stereocenters. The number of nitrogens with zero attached hydrogens (tertiary/aromatic N) is 1. The molecule has 0 fully saturated rings. The lowest BCUT2D eigenvalue weighted by atomic mass is 10.2. The van der Waals surface area contributed by atoms with Crippen molar-refractivity contribution in [3.8, 4) is 0 Å². The maximum atomic E-state index is 11.8. The van der Waals surface area contributed by atoms with Gasteiger partial charge in [0.15, 0.2) is 0 Å². The zero-order chi connectivity index (χ0) is 13.7. The summed E-state index contributed by atoms with van der Waals surface area (Å²) in [7, 11) is 0. The summed E-state index contributed by atoms with van der Waals surface area (Å²) in [5.74, 6) is -0.480. The first kappa shape index (κ1) is 14.3. The van der Waals surface area contributed by atoms with E-state index in [1.54, 1.807) is 0 Å². The Hall–Kier alpha value is -1.76. The van der Waals surface area contributed by atoms with Gasteiger partial charge in [-0.05, 0) is 12.8 Å². The Morgan fingerprint density at radius 3 is 2.78 bits per heavy atom. The minimum Gasteiger partial charge on any atom is -0.392 e. The van der Waals surface area contributed by atoms with E-state index in [4.69, 9.17) is 5.73 Å². The molecule has 1 unspecified atom stereocenters. The molecule has 0 saturated heterocycles. The number of aromatic amines is 1. The van der Waals surface area contributed by atoms with Crippen LogP contribution in [0.15, 0.2) is 4.79 Å². The van der Waals surface area contributed by atoms with Gasteiger partial charge in [0, 0.05) is 13.1 Å². The fourth-order valence-electron chi connectivity index (χ4n) is 1.50. The lowest BCUT2D eigenvalue weighted by Crippen LogP contribution is -2.32. The fourth-order valence-corrected chi connectivity index (χ4v) is 1.50. The molecule has 0 saturated carbocycles. The van der Waals surface area contributed by atoms with Crippen LogP contribution in [-0.2, 0) is 6.54 Å². The summed E-state index contributed by atoms with van der Waals surface area (Å²) in [5, 5.41) is 14.5. The second kappa shape index (κ2) is 6.25. The van der Waals surface area contributed by atoms with Crippen molar-refractivity contribution < 1.29 is 9.90 Å². The van der Waals surface area contributed by atoms with E-state index in [0.29, 0.717) is 13.0 Å². The summed E-state index contributed by atoms with van der Waals surface area (Å²) >= 11 is 0. The molecule has 1 aromatic rings. The first-order chi connectivity index (χ1) is 8.51. The summed E-state index contributed by atoms with van der Waals surface area (Å²) < 4.78 is 1.31. The number of rotatable bonds is 6. The zero-order valence-corrected chi connectivity index (χ0v) is 10.7. The summed E-state index contributed by atoms with van der Waals surface area (Å²) in [6, 6.07) is 0. The number of nitrogen functional groups attached to an aromatic ring is 1. The topological polar surface area (TPSA) is 113 Å². The van der Waals surface area contributed by atoms with E-state index >= 15 is 0 Å². The maximum absolute atomic E-state index is 11.8. The third-order valence-corrected chi connectivity index (χ3v) is 2.64. The van der Waals surface area contributed by atoms with Crippen molar-refractivity contribution >= 4 is 11.6 Å². The van der Waals surface area contributed by atoms with Gasteiger partial charge in [-0.1, -0.05) is 13.8 Å². The molecular formula is C11H20N4O3. The van der Waals surface area contributed by atoms with E-state index in [1.807, 2.05) is 13.8 Å². The largest absolute Gasteiger partial charge is 0.392 e. The molecule has 0 spiro atoms. The minimum absolute atomic E-state index is 0.0525. The number of aliphatic hydroxyl groups is 1. The number of nitrogens with one attached hydrogen (secondary N) is 2. The van der Waals surface area contributed by atoms with E-state index in [9.17, 15) is 14.7 Å². The molecule has 0 aliphatic heterocycles. The highest BCUT2D eigenvalue weighted by Gasteiger charge is 2.17. The predicted octanol–water partition coefficient (Wildman–Crippen LogP) is -0.331. The normalized spacial score (nSPS) is 12.4. The Labute approximate surface area is 105 Å². The molecule has 0 radical (unpaired) electrons. The number of aryl methyl sites for hydroxylation is 1. The summed E-state index contributed by atoms with van der Waals surface area (Å²) in [6.07, 6.45) is 0.707. The Morgan fingerprint density at radius 1 is 1.56 bits per heavy atom. The molecular weight excluding hydrogens is 236 g/mol. The van der Waals surface area contributed by atoms with Crippen molar-refractivity contribution in [2.45, 2.75) is 39.3 Å². The van der Waals surface area contributed by atoms with Gasteiger partial charge in [0.25, 0.3) is 11.5 Å². The average Bonchev–Trinajstić information content (AvgIpc) is 2.64. The van der Waals surface area contributed by atoms with E-state index < -0.39 is 17.6 Å². The average molecular weight is 256 g/mol. The predicted molar refractivity (Wildman–Crippen MR) is 68.4 cm³/mol.